The van der Waals surface area contributed by atoms with Crippen LogP contribution in [0.25, 0.3) is 0 Å². The topological polar surface area (TPSA) is 55.1 Å². The molecular formula is C11H13BrN2OS. The van der Waals surface area contributed by atoms with E-state index in [1.807, 2.05) is 12.1 Å². The van der Waals surface area contributed by atoms with Crippen LogP contribution in [-0.4, -0.2) is 17.4 Å². The first-order chi connectivity index (χ1) is 7.59. The number of carbonyl (C=O) groups is 1. The molecule has 1 rings (SSSR count). The average Bonchev–Trinajstić information content (AvgIpc) is 2.24. The molecule has 1 aromatic rings. The third-order valence-electron chi connectivity index (χ3n) is 1.97. The van der Waals surface area contributed by atoms with Gasteiger partial charge in [0.15, 0.2) is 0 Å². The second-order valence-corrected chi connectivity index (χ2v) is 4.78. The van der Waals surface area contributed by atoms with Crippen LogP contribution in [0, 0.1) is 0 Å². The van der Waals surface area contributed by atoms with Crippen LogP contribution in [0.1, 0.15) is 23.2 Å². The lowest BCUT2D eigenvalue weighted by atomic mass is 10.2. The first-order valence-electron chi connectivity index (χ1n) is 4.91. The van der Waals surface area contributed by atoms with Gasteiger partial charge in [-0.15, -0.1) is 0 Å². The van der Waals surface area contributed by atoms with Crippen molar-refractivity contribution in [2.45, 2.75) is 12.8 Å². The molecule has 0 aliphatic rings. The SMILES string of the molecule is NC(=S)CCCNC(=O)c1cccc(Br)c1. The van der Waals surface area contributed by atoms with E-state index in [4.69, 9.17) is 18.0 Å². The monoisotopic (exact) mass is 300 g/mol. The molecule has 0 fully saturated rings. The highest BCUT2D eigenvalue weighted by molar-refractivity contribution is 9.10. The Morgan fingerprint density at radius 3 is 2.88 bits per heavy atom. The number of benzene rings is 1. The third kappa shape index (κ3) is 4.72. The summed E-state index contributed by atoms with van der Waals surface area (Å²) in [5, 5.41) is 2.81. The first kappa shape index (κ1) is 13.1. The second-order valence-electron chi connectivity index (χ2n) is 3.34. The maximum Gasteiger partial charge on any atom is 0.251 e. The third-order valence-corrected chi connectivity index (χ3v) is 2.67. The van der Waals surface area contributed by atoms with Gasteiger partial charge in [0.1, 0.15) is 0 Å². The Kier molecular flexibility index (Phi) is 5.42. The molecule has 0 heterocycles. The minimum absolute atomic E-state index is 0.0794. The van der Waals surface area contributed by atoms with Gasteiger partial charge < -0.3 is 11.1 Å². The summed E-state index contributed by atoms with van der Waals surface area (Å²) in [7, 11) is 0. The van der Waals surface area contributed by atoms with E-state index in [9.17, 15) is 4.79 Å². The maximum absolute atomic E-state index is 11.6. The summed E-state index contributed by atoms with van der Waals surface area (Å²) in [5.41, 5.74) is 6.00. The molecule has 86 valence electrons. The van der Waals surface area contributed by atoms with Gasteiger partial charge in [-0.05, 0) is 31.0 Å². The normalized spacial score (nSPS) is 9.81. The maximum atomic E-state index is 11.6. The van der Waals surface area contributed by atoms with Crippen molar-refractivity contribution in [2.24, 2.45) is 5.73 Å². The molecule has 0 radical (unpaired) electrons. The zero-order valence-corrected chi connectivity index (χ0v) is 11.1. The summed E-state index contributed by atoms with van der Waals surface area (Å²) < 4.78 is 0.892. The van der Waals surface area contributed by atoms with Gasteiger partial charge in [-0.2, -0.15) is 0 Å². The number of carbonyl (C=O) groups excluding carboxylic acids is 1. The van der Waals surface area contributed by atoms with Crippen LogP contribution >= 0.6 is 28.1 Å². The minimum atomic E-state index is -0.0794. The van der Waals surface area contributed by atoms with Gasteiger partial charge in [0.2, 0.25) is 0 Å². The van der Waals surface area contributed by atoms with E-state index in [-0.39, 0.29) is 5.91 Å². The second kappa shape index (κ2) is 6.60. The summed E-state index contributed by atoms with van der Waals surface area (Å²) >= 11 is 8.06. The highest BCUT2D eigenvalue weighted by Gasteiger charge is 2.04. The van der Waals surface area contributed by atoms with Gasteiger partial charge in [0.05, 0.1) is 4.99 Å². The van der Waals surface area contributed by atoms with Crippen molar-refractivity contribution in [2.75, 3.05) is 6.54 Å². The molecule has 0 aliphatic heterocycles. The van der Waals surface area contributed by atoms with Crippen molar-refractivity contribution in [3.05, 3.63) is 34.3 Å². The van der Waals surface area contributed by atoms with Crippen LogP contribution in [0.15, 0.2) is 28.7 Å². The van der Waals surface area contributed by atoms with Crippen molar-refractivity contribution in [3.8, 4) is 0 Å². The fourth-order valence-corrected chi connectivity index (χ4v) is 1.74. The molecule has 16 heavy (non-hydrogen) atoms. The highest BCUT2D eigenvalue weighted by atomic mass is 79.9. The van der Waals surface area contributed by atoms with E-state index in [1.165, 1.54) is 0 Å². The van der Waals surface area contributed by atoms with Gasteiger partial charge in [-0.1, -0.05) is 34.2 Å². The molecule has 1 amide bonds. The van der Waals surface area contributed by atoms with Gasteiger partial charge in [0.25, 0.3) is 5.91 Å². The molecule has 3 nitrogen and oxygen atoms in total. The van der Waals surface area contributed by atoms with Crippen LogP contribution < -0.4 is 11.1 Å². The zero-order chi connectivity index (χ0) is 12.0. The molecule has 0 saturated heterocycles. The van der Waals surface area contributed by atoms with Crippen molar-refractivity contribution in [1.82, 2.24) is 5.32 Å². The van der Waals surface area contributed by atoms with E-state index < -0.39 is 0 Å². The predicted molar refractivity (Wildman–Crippen MR) is 72.5 cm³/mol. The number of hydrogen-bond acceptors (Lipinski definition) is 2. The Bertz CT molecular complexity index is 395. The molecule has 0 saturated carbocycles. The molecule has 0 unspecified atom stereocenters. The van der Waals surface area contributed by atoms with Crippen LogP contribution in [0.4, 0.5) is 0 Å². The van der Waals surface area contributed by atoms with E-state index >= 15 is 0 Å². The van der Waals surface area contributed by atoms with Crippen molar-refractivity contribution in [1.29, 1.82) is 0 Å². The number of halogens is 1. The Hall–Kier alpha value is -0.940. The molecule has 0 bridgehead atoms. The summed E-state index contributed by atoms with van der Waals surface area (Å²) in [6, 6.07) is 7.26. The average molecular weight is 301 g/mol. The lowest BCUT2D eigenvalue weighted by Crippen LogP contribution is -2.25. The molecule has 5 heteroatoms. The van der Waals surface area contributed by atoms with E-state index in [1.54, 1.807) is 12.1 Å². The van der Waals surface area contributed by atoms with Gasteiger partial charge in [-0.3, -0.25) is 4.79 Å². The molecule has 0 spiro atoms. The fraction of sp³-hybridized carbons (Fsp3) is 0.273. The number of nitrogens with one attached hydrogen (secondary N) is 1. The van der Waals surface area contributed by atoms with Gasteiger partial charge >= 0.3 is 0 Å². The van der Waals surface area contributed by atoms with Crippen molar-refractivity contribution < 1.29 is 4.79 Å². The summed E-state index contributed by atoms with van der Waals surface area (Å²) in [6.07, 6.45) is 1.43. The quantitative estimate of drug-likeness (QED) is 0.648. The predicted octanol–water partition coefficient (Wildman–Crippen LogP) is 2.25. The molecule has 1 aromatic carbocycles. The van der Waals surface area contributed by atoms with Crippen molar-refractivity contribution >= 4 is 39.0 Å². The van der Waals surface area contributed by atoms with Crippen LogP contribution in [0.2, 0.25) is 0 Å². The molecule has 3 N–H and O–H groups in total. The van der Waals surface area contributed by atoms with E-state index in [0.29, 0.717) is 23.5 Å². The standard InChI is InChI=1S/C11H13BrN2OS/c12-9-4-1-3-8(7-9)11(15)14-6-2-5-10(13)16/h1,3-4,7H,2,5-6H2,(H2,13,16)(H,14,15). The summed E-state index contributed by atoms with van der Waals surface area (Å²) in [4.78, 5) is 12.1. The Morgan fingerprint density at radius 2 is 2.25 bits per heavy atom. The summed E-state index contributed by atoms with van der Waals surface area (Å²) in [5.74, 6) is -0.0794. The van der Waals surface area contributed by atoms with E-state index in [0.717, 1.165) is 10.9 Å². The van der Waals surface area contributed by atoms with Crippen LogP contribution in [0.5, 0.6) is 0 Å². The lowest BCUT2D eigenvalue weighted by Gasteiger charge is -2.04. The Balaban J connectivity index is 2.38. The number of rotatable bonds is 5. The lowest BCUT2D eigenvalue weighted by molar-refractivity contribution is 0.0953. The molecule has 0 atom stereocenters. The zero-order valence-electron chi connectivity index (χ0n) is 8.70. The fourth-order valence-electron chi connectivity index (χ4n) is 1.20. The highest BCUT2D eigenvalue weighted by Crippen LogP contribution is 2.11. The van der Waals surface area contributed by atoms with Crippen LogP contribution in [-0.2, 0) is 0 Å². The molecule has 0 aromatic heterocycles. The van der Waals surface area contributed by atoms with Gasteiger partial charge in [-0.25, -0.2) is 0 Å². The van der Waals surface area contributed by atoms with E-state index in [2.05, 4.69) is 21.2 Å². The van der Waals surface area contributed by atoms with Gasteiger partial charge in [0, 0.05) is 16.6 Å². The van der Waals surface area contributed by atoms with Crippen molar-refractivity contribution in [3.63, 3.8) is 0 Å². The number of hydrogen-bond donors (Lipinski definition) is 2. The number of nitrogens with two attached hydrogens (primary N) is 1. The number of amides is 1. The minimum Gasteiger partial charge on any atom is -0.393 e. The Morgan fingerprint density at radius 1 is 1.50 bits per heavy atom. The molecule has 0 aliphatic carbocycles. The Labute approximate surface area is 109 Å². The smallest absolute Gasteiger partial charge is 0.251 e. The summed E-state index contributed by atoms with van der Waals surface area (Å²) in [6.45, 7) is 0.586. The number of thiocarbonyl (C=S) groups is 1. The first-order valence-corrected chi connectivity index (χ1v) is 6.12. The largest absolute Gasteiger partial charge is 0.393 e. The van der Waals surface area contributed by atoms with Crippen LogP contribution in [0.3, 0.4) is 0 Å². The molecular weight excluding hydrogens is 288 g/mol.